The number of nitrogens with one attached hydrogen (secondary N) is 2. The number of hydrogen-bond acceptors (Lipinski definition) is 6. The van der Waals surface area contributed by atoms with E-state index in [0.29, 0.717) is 5.69 Å². The number of carbonyl (C=O) groups is 2. The second kappa shape index (κ2) is 9.91. The van der Waals surface area contributed by atoms with Gasteiger partial charge in [-0.15, -0.1) is 0 Å². The van der Waals surface area contributed by atoms with Crippen molar-refractivity contribution >= 4 is 34.5 Å². The van der Waals surface area contributed by atoms with Crippen molar-refractivity contribution < 1.29 is 19.4 Å². The molecular weight excluding hydrogens is 354 g/mol. The molecule has 26 heavy (non-hydrogen) atoms. The van der Waals surface area contributed by atoms with Gasteiger partial charge in [0.2, 0.25) is 0 Å². The topological polar surface area (TPSA) is 90.9 Å². The number of anilines is 2. The van der Waals surface area contributed by atoms with Crippen LogP contribution in [0.2, 0.25) is 0 Å². The number of aliphatic hydroxyl groups is 1. The molecule has 0 spiro atoms. The van der Waals surface area contributed by atoms with Crippen molar-refractivity contribution in [2.45, 2.75) is 6.10 Å². The zero-order chi connectivity index (χ0) is 18.9. The van der Waals surface area contributed by atoms with Gasteiger partial charge in [0.25, 0.3) is 0 Å². The number of rotatable bonds is 8. The van der Waals surface area contributed by atoms with Gasteiger partial charge in [-0.2, -0.15) is 11.3 Å². The van der Waals surface area contributed by atoms with Crippen LogP contribution in [0, 0.1) is 0 Å². The number of carbonyl (C=O) groups excluding carboxylic acids is 2. The van der Waals surface area contributed by atoms with E-state index in [4.69, 9.17) is 9.84 Å². The van der Waals surface area contributed by atoms with Gasteiger partial charge >= 0.3 is 11.8 Å². The summed E-state index contributed by atoms with van der Waals surface area (Å²) < 4.78 is 5.53. The molecule has 1 aromatic heterocycles. The molecule has 1 heterocycles. The summed E-state index contributed by atoms with van der Waals surface area (Å²) >= 11 is 1.51. The van der Waals surface area contributed by atoms with E-state index >= 15 is 0 Å². The van der Waals surface area contributed by atoms with Crippen LogP contribution < -0.4 is 15.5 Å². The third-order valence-electron chi connectivity index (χ3n) is 3.62. The van der Waals surface area contributed by atoms with E-state index in [2.05, 4.69) is 10.6 Å². The van der Waals surface area contributed by atoms with Crippen LogP contribution in [0.1, 0.15) is 11.7 Å². The zero-order valence-corrected chi connectivity index (χ0v) is 15.6. The summed E-state index contributed by atoms with van der Waals surface area (Å²) in [4.78, 5) is 26.0. The van der Waals surface area contributed by atoms with Crippen LogP contribution in [0.15, 0.2) is 41.1 Å². The summed E-state index contributed by atoms with van der Waals surface area (Å²) in [7, 11) is 3.84. The van der Waals surface area contributed by atoms with E-state index in [1.165, 1.54) is 11.3 Å². The second-order valence-corrected chi connectivity index (χ2v) is 6.53. The summed E-state index contributed by atoms with van der Waals surface area (Å²) in [6.45, 7) is 0.182. The first kappa shape index (κ1) is 19.9. The van der Waals surface area contributed by atoms with E-state index in [1.807, 2.05) is 48.0 Å². The maximum absolute atomic E-state index is 12.0. The molecule has 3 N–H and O–H groups in total. The van der Waals surface area contributed by atoms with Crippen LogP contribution in [-0.4, -0.2) is 50.8 Å². The molecule has 1 atom stereocenters. The molecule has 7 nitrogen and oxygen atoms in total. The highest BCUT2D eigenvalue weighted by atomic mass is 32.1. The minimum atomic E-state index is -0.742. The van der Waals surface area contributed by atoms with Gasteiger partial charge in [-0.25, -0.2) is 0 Å². The smallest absolute Gasteiger partial charge is 0.313 e. The maximum Gasteiger partial charge on any atom is 0.313 e. The Hall–Kier alpha value is -2.42. The lowest BCUT2D eigenvalue weighted by molar-refractivity contribution is -0.136. The van der Waals surface area contributed by atoms with E-state index in [1.54, 1.807) is 12.1 Å². The van der Waals surface area contributed by atoms with Gasteiger partial charge < -0.3 is 25.4 Å². The number of nitrogens with zero attached hydrogens (tertiary/aromatic N) is 1. The molecular formula is C18H23N3O4S. The highest BCUT2D eigenvalue weighted by Crippen LogP contribution is 2.19. The highest BCUT2D eigenvalue weighted by Gasteiger charge is 2.18. The summed E-state index contributed by atoms with van der Waals surface area (Å²) in [5, 5.41) is 17.9. The standard InChI is InChI=1S/C18H23N3O4S/c1-21(2)15-5-3-14(4-6-15)20-18(24)17(23)19-11-16(25-9-8-22)13-7-10-26-12-13/h3-7,10,12,16,22H,8-9,11H2,1-2H3,(H,19,23)(H,20,24). The molecule has 0 aliphatic rings. The largest absolute Gasteiger partial charge is 0.394 e. The summed E-state index contributed by atoms with van der Waals surface area (Å²) in [5.41, 5.74) is 2.43. The van der Waals surface area contributed by atoms with Crippen molar-refractivity contribution in [3.05, 3.63) is 46.7 Å². The van der Waals surface area contributed by atoms with Crippen LogP contribution in [-0.2, 0) is 14.3 Å². The molecule has 2 rings (SSSR count). The monoisotopic (exact) mass is 377 g/mol. The average Bonchev–Trinajstić information content (AvgIpc) is 3.16. The SMILES string of the molecule is CN(C)c1ccc(NC(=O)C(=O)NCC(OCCO)c2ccsc2)cc1. The van der Waals surface area contributed by atoms with Gasteiger partial charge in [-0.1, -0.05) is 0 Å². The Kier molecular flexibility index (Phi) is 7.58. The van der Waals surface area contributed by atoms with Crippen molar-refractivity contribution in [3.8, 4) is 0 Å². The van der Waals surface area contributed by atoms with Crippen LogP contribution in [0.25, 0.3) is 0 Å². The van der Waals surface area contributed by atoms with Gasteiger partial charge in [0.15, 0.2) is 0 Å². The molecule has 8 heteroatoms. The summed E-state index contributed by atoms with van der Waals surface area (Å²) in [6.07, 6.45) is -0.412. The number of ether oxygens (including phenoxy) is 1. The minimum Gasteiger partial charge on any atom is -0.394 e. The fraction of sp³-hybridized carbons (Fsp3) is 0.333. The van der Waals surface area contributed by atoms with Crippen molar-refractivity contribution in [2.24, 2.45) is 0 Å². The molecule has 0 bridgehead atoms. The molecule has 1 aromatic carbocycles. The molecule has 0 aliphatic heterocycles. The van der Waals surface area contributed by atoms with E-state index in [0.717, 1.165) is 11.3 Å². The molecule has 0 fully saturated rings. The Morgan fingerprint density at radius 2 is 1.92 bits per heavy atom. The van der Waals surface area contributed by atoms with Gasteiger partial charge in [0, 0.05) is 32.0 Å². The molecule has 0 saturated carbocycles. The number of benzene rings is 1. The molecule has 0 radical (unpaired) electrons. The highest BCUT2D eigenvalue weighted by molar-refractivity contribution is 7.07. The van der Waals surface area contributed by atoms with E-state index in [9.17, 15) is 9.59 Å². The lowest BCUT2D eigenvalue weighted by Crippen LogP contribution is -2.38. The zero-order valence-electron chi connectivity index (χ0n) is 14.8. The third kappa shape index (κ3) is 5.83. The molecule has 140 valence electrons. The molecule has 0 saturated heterocycles. The lowest BCUT2D eigenvalue weighted by atomic mass is 10.2. The predicted molar refractivity (Wildman–Crippen MR) is 103 cm³/mol. The number of thiophene rings is 1. The maximum atomic E-state index is 12.0. The fourth-order valence-corrected chi connectivity index (χ4v) is 2.92. The third-order valence-corrected chi connectivity index (χ3v) is 4.32. The van der Waals surface area contributed by atoms with Crippen LogP contribution in [0.5, 0.6) is 0 Å². The second-order valence-electron chi connectivity index (χ2n) is 5.75. The summed E-state index contributed by atoms with van der Waals surface area (Å²) in [5.74, 6) is -1.48. The van der Waals surface area contributed by atoms with Gasteiger partial charge in [0.05, 0.1) is 13.2 Å². The molecule has 1 unspecified atom stereocenters. The van der Waals surface area contributed by atoms with E-state index in [-0.39, 0.29) is 19.8 Å². The van der Waals surface area contributed by atoms with Gasteiger partial charge in [0.1, 0.15) is 6.10 Å². The van der Waals surface area contributed by atoms with Crippen LogP contribution >= 0.6 is 11.3 Å². The predicted octanol–water partition coefficient (Wildman–Crippen LogP) is 1.62. The van der Waals surface area contributed by atoms with Crippen LogP contribution in [0.4, 0.5) is 11.4 Å². The first-order valence-corrected chi connectivity index (χ1v) is 9.06. The van der Waals surface area contributed by atoms with Crippen molar-refractivity contribution in [1.82, 2.24) is 5.32 Å². The normalized spacial score (nSPS) is 11.7. The molecule has 0 aliphatic carbocycles. The van der Waals surface area contributed by atoms with Gasteiger partial charge in [-0.05, 0) is 46.7 Å². The van der Waals surface area contributed by atoms with Gasteiger partial charge in [-0.3, -0.25) is 9.59 Å². The number of aliphatic hydroxyl groups excluding tert-OH is 1. The fourth-order valence-electron chi connectivity index (χ4n) is 2.22. The van der Waals surface area contributed by atoms with Crippen molar-refractivity contribution in [3.63, 3.8) is 0 Å². The summed E-state index contributed by atoms with van der Waals surface area (Å²) in [6, 6.07) is 9.05. The first-order chi connectivity index (χ1) is 12.5. The van der Waals surface area contributed by atoms with E-state index < -0.39 is 17.9 Å². The Morgan fingerprint density at radius 1 is 1.19 bits per heavy atom. The molecule has 2 aromatic rings. The van der Waals surface area contributed by atoms with Crippen LogP contribution in [0.3, 0.4) is 0 Å². The van der Waals surface area contributed by atoms with Crippen molar-refractivity contribution in [1.29, 1.82) is 0 Å². The first-order valence-electron chi connectivity index (χ1n) is 8.12. The Morgan fingerprint density at radius 3 is 2.50 bits per heavy atom. The molecule has 2 amide bonds. The Bertz CT molecular complexity index is 702. The average molecular weight is 377 g/mol. The number of amides is 2. The minimum absolute atomic E-state index is 0.113. The quantitative estimate of drug-likeness (QED) is 0.608. The number of hydrogen-bond donors (Lipinski definition) is 3. The lowest BCUT2D eigenvalue weighted by Gasteiger charge is -2.17. The van der Waals surface area contributed by atoms with Crippen molar-refractivity contribution in [2.75, 3.05) is 44.1 Å². The Labute approximate surface area is 156 Å². The Balaban J connectivity index is 1.88.